The van der Waals surface area contributed by atoms with Crippen LogP contribution >= 0.6 is 0 Å². The molecule has 1 N–H and O–H groups in total. The molecule has 2 atom stereocenters. The maximum Gasteiger partial charge on any atom is 0.0701 e. The van der Waals surface area contributed by atoms with E-state index in [1.54, 1.807) is 7.11 Å². The van der Waals surface area contributed by atoms with Crippen LogP contribution in [0.3, 0.4) is 0 Å². The van der Waals surface area contributed by atoms with Crippen LogP contribution in [0.25, 0.3) is 0 Å². The van der Waals surface area contributed by atoms with E-state index < -0.39 is 0 Å². The van der Waals surface area contributed by atoms with Crippen LogP contribution in [-0.4, -0.2) is 26.3 Å². The summed E-state index contributed by atoms with van der Waals surface area (Å²) in [6.45, 7) is 2.08. The van der Waals surface area contributed by atoms with Crippen LogP contribution < -0.4 is 5.32 Å². The van der Waals surface area contributed by atoms with Crippen molar-refractivity contribution in [1.29, 1.82) is 0 Å². The molecule has 0 aliphatic carbocycles. The quantitative estimate of drug-likeness (QED) is 0.799. The van der Waals surface area contributed by atoms with Gasteiger partial charge in [-0.15, -0.1) is 0 Å². The summed E-state index contributed by atoms with van der Waals surface area (Å²) in [6, 6.07) is 10.8. The van der Waals surface area contributed by atoms with E-state index in [1.807, 2.05) is 0 Å². The molecule has 2 nitrogen and oxygen atoms in total. The molecule has 15 heavy (non-hydrogen) atoms. The van der Waals surface area contributed by atoms with E-state index in [4.69, 9.17) is 4.74 Å². The van der Waals surface area contributed by atoms with E-state index in [0.717, 1.165) is 19.5 Å². The lowest BCUT2D eigenvalue weighted by molar-refractivity contribution is 0.0950. The topological polar surface area (TPSA) is 21.3 Å². The first-order valence-electron chi connectivity index (χ1n) is 5.68. The van der Waals surface area contributed by atoms with Gasteiger partial charge in [0.15, 0.2) is 0 Å². The second-order valence-corrected chi connectivity index (χ2v) is 4.19. The van der Waals surface area contributed by atoms with Gasteiger partial charge < -0.3 is 10.1 Å². The zero-order valence-corrected chi connectivity index (χ0v) is 9.28. The highest BCUT2D eigenvalue weighted by Crippen LogP contribution is 2.26. The average molecular weight is 205 g/mol. The van der Waals surface area contributed by atoms with Gasteiger partial charge in [-0.2, -0.15) is 0 Å². The van der Waals surface area contributed by atoms with Crippen LogP contribution in [0.4, 0.5) is 0 Å². The molecule has 2 rings (SSSR count). The summed E-state index contributed by atoms with van der Waals surface area (Å²) in [4.78, 5) is 0. The monoisotopic (exact) mass is 205 g/mol. The molecular formula is C13H19NO. The molecule has 1 aliphatic rings. The van der Waals surface area contributed by atoms with E-state index >= 15 is 0 Å². The first kappa shape index (κ1) is 10.7. The summed E-state index contributed by atoms with van der Waals surface area (Å²) in [6.07, 6.45) is 2.70. The number of benzene rings is 1. The second kappa shape index (κ2) is 5.29. The van der Waals surface area contributed by atoms with E-state index in [9.17, 15) is 0 Å². The average Bonchev–Trinajstić information content (AvgIpc) is 2.55. The minimum Gasteiger partial charge on any atom is -0.380 e. The van der Waals surface area contributed by atoms with Crippen molar-refractivity contribution in [3.63, 3.8) is 0 Å². The molecule has 1 heterocycles. The molecule has 0 aromatic heterocycles. The fourth-order valence-electron chi connectivity index (χ4n) is 2.27. The van der Waals surface area contributed by atoms with Gasteiger partial charge in [0.05, 0.1) is 6.10 Å². The molecule has 0 spiro atoms. The van der Waals surface area contributed by atoms with Crippen LogP contribution in [0.2, 0.25) is 0 Å². The van der Waals surface area contributed by atoms with E-state index in [1.165, 1.54) is 12.0 Å². The molecule has 0 saturated carbocycles. The second-order valence-electron chi connectivity index (χ2n) is 4.19. The lowest BCUT2D eigenvalue weighted by Crippen LogP contribution is -2.25. The Labute approximate surface area is 91.6 Å². The number of ether oxygens (including phenoxy) is 1. The van der Waals surface area contributed by atoms with Gasteiger partial charge in [-0.05, 0) is 30.9 Å². The number of hydrogen-bond donors (Lipinski definition) is 1. The largest absolute Gasteiger partial charge is 0.380 e. The Kier molecular flexibility index (Phi) is 3.75. The van der Waals surface area contributed by atoms with Gasteiger partial charge in [0.1, 0.15) is 0 Å². The summed E-state index contributed by atoms with van der Waals surface area (Å²) >= 11 is 0. The van der Waals surface area contributed by atoms with Crippen molar-refractivity contribution in [3.8, 4) is 0 Å². The standard InChI is InChI=1S/C13H19NO/c1-15-13-9-12(7-8-14-10-13)11-5-3-2-4-6-11/h2-6,12-14H,7-10H2,1H3/t12-,13-/m1/s1. The molecule has 82 valence electrons. The molecule has 0 amide bonds. The maximum atomic E-state index is 5.46. The molecule has 1 aromatic carbocycles. The Balaban J connectivity index is 2.07. The minimum atomic E-state index is 0.359. The molecule has 2 heteroatoms. The molecule has 0 bridgehead atoms. The van der Waals surface area contributed by atoms with Crippen molar-refractivity contribution >= 4 is 0 Å². The molecule has 1 aromatic rings. The predicted molar refractivity (Wildman–Crippen MR) is 62.1 cm³/mol. The van der Waals surface area contributed by atoms with Gasteiger partial charge in [-0.1, -0.05) is 30.3 Å². The maximum absolute atomic E-state index is 5.46. The van der Waals surface area contributed by atoms with Crippen molar-refractivity contribution < 1.29 is 4.74 Å². The Morgan fingerprint density at radius 3 is 2.80 bits per heavy atom. The van der Waals surface area contributed by atoms with Crippen molar-refractivity contribution in [2.75, 3.05) is 20.2 Å². The van der Waals surface area contributed by atoms with Gasteiger partial charge in [0.2, 0.25) is 0 Å². The predicted octanol–water partition coefficient (Wildman–Crippen LogP) is 2.17. The highest BCUT2D eigenvalue weighted by atomic mass is 16.5. The van der Waals surface area contributed by atoms with Crippen LogP contribution in [0, 0.1) is 0 Å². The van der Waals surface area contributed by atoms with Crippen molar-refractivity contribution in [3.05, 3.63) is 35.9 Å². The smallest absolute Gasteiger partial charge is 0.0701 e. The van der Waals surface area contributed by atoms with Crippen molar-refractivity contribution in [1.82, 2.24) is 5.32 Å². The first-order chi connectivity index (χ1) is 7.40. The SMILES string of the molecule is CO[C@H]1CNCC[C@@H](c2ccccc2)C1. The summed E-state index contributed by atoms with van der Waals surface area (Å²) < 4.78 is 5.46. The van der Waals surface area contributed by atoms with E-state index in [2.05, 4.69) is 35.6 Å². The Morgan fingerprint density at radius 1 is 1.27 bits per heavy atom. The molecule has 0 unspecified atom stereocenters. The normalized spacial score (nSPS) is 27.3. The number of rotatable bonds is 2. The lowest BCUT2D eigenvalue weighted by Gasteiger charge is -2.18. The highest BCUT2D eigenvalue weighted by Gasteiger charge is 2.20. The molecule has 1 saturated heterocycles. The van der Waals surface area contributed by atoms with E-state index in [0.29, 0.717) is 12.0 Å². The molecule has 1 fully saturated rings. The third kappa shape index (κ3) is 2.80. The summed E-state index contributed by atoms with van der Waals surface area (Å²) in [5.41, 5.74) is 1.45. The van der Waals surface area contributed by atoms with Crippen LogP contribution in [0.15, 0.2) is 30.3 Å². The molecule has 0 radical (unpaired) electrons. The highest BCUT2D eigenvalue weighted by molar-refractivity contribution is 5.20. The lowest BCUT2D eigenvalue weighted by atomic mass is 9.91. The van der Waals surface area contributed by atoms with Crippen LogP contribution in [0.1, 0.15) is 24.3 Å². The fourth-order valence-corrected chi connectivity index (χ4v) is 2.27. The number of hydrogen-bond acceptors (Lipinski definition) is 2. The van der Waals surface area contributed by atoms with Crippen molar-refractivity contribution in [2.45, 2.75) is 24.9 Å². The van der Waals surface area contributed by atoms with Crippen LogP contribution in [0.5, 0.6) is 0 Å². The summed E-state index contributed by atoms with van der Waals surface area (Å²) in [7, 11) is 1.81. The zero-order chi connectivity index (χ0) is 10.5. The number of methoxy groups -OCH3 is 1. The minimum absolute atomic E-state index is 0.359. The van der Waals surface area contributed by atoms with Crippen molar-refractivity contribution in [2.24, 2.45) is 0 Å². The van der Waals surface area contributed by atoms with Gasteiger partial charge in [0, 0.05) is 13.7 Å². The third-order valence-corrected chi connectivity index (χ3v) is 3.19. The zero-order valence-electron chi connectivity index (χ0n) is 9.28. The molecule has 1 aliphatic heterocycles. The van der Waals surface area contributed by atoms with E-state index in [-0.39, 0.29) is 0 Å². The first-order valence-corrected chi connectivity index (χ1v) is 5.68. The van der Waals surface area contributed by atoms with Gasteiger partial charge in [0.25, 0.3) is 0 Å². The fraction of sp³-hybridized carbons (Fsp3) is 0.538. The summed E-state index contributed by atoms with van der Waals surface area (Å²) in [5, 5.41) is 3.42. The summed E-state index contributed by atoms with van der Waals surface area (Å²) in [5.74, 6) is 0.645. The third-order valence-electron chi connectivity index (χ3n) is 3.19. The molecular weight excluding hydrogens is 186 g/mol. The van der Waals surface area contributed by atoms with Gasteiger partial charge >= 0.3 is 0 Å². The Hall–Kier alpha value is -0.860. The Morgan fingerprint density at radius 2 is 2.07 bits per heavy atom. The number of nitrogens with one attached hydrogen (secondary N) is 1. The van der Waals surface area contributed by atoms with Gasteiger partial charge in [-0.25, -0.2) is 0 Å². The van der Waals surface area contributed by atoms with Gasteiger partial charge in [-0.3, -0.25) is 0 Å². The van der Waals surface area contributed by atoms with Crippen LogP contribution in [-0.2, 0) is 4.74 Å². The Bertz CT molecular complexity index is 286.